The number of rotatable bonds is 4. The third-order valence-corrected chi connectivity index (χ3v) is 3.80. The molecule has 0 N–H and O–H groups in total. The van der Waals surface area contributed by atoms with Crippen molar-refractivity contribution in [3.05, 3.63) is 57.3 Å². The van der Waals surface area contributed by atoms with Gasteiger partial charge in [0.2, 0.25) is 5.82 Å². The number of nitrogens with zero attached hydrogens (tertiary/aromatic N) is 3. The smallest absolute Gasteiger partial charge is 0.270 e. The third kappa shape index (κ3) is 3.00. The van der Waals surface area contributed by atoms with Gasteiger partial charge in [-0.05, 0) is 49.1 Å². The van der Waals surface area contributed by atoms with E-state index in [-0.39, 0.29) is 6.54 Å². The van der Waals surface area contributed by atoms with Crippen molar-refractivity contribution in [3.8, 4) is 0 Å². The van der Waals surface area contributed by atoms with Crippen LogP contribution in [0, 0.1) is 6.92 Å². The number of allylic oxidation sites excluding steroid dienone is 2. The van der Waals surface area contributed by atoms with Crippen LogP contribution in [0.15, 0.2) is 29.1 Å². The maximum Gasteiger partial charge on any atom is 0.346 e. The van der Waals surface area contributed by atoms with Crippen LogP contribution in [0.5, 0.6) is 0 Å². The summed E-state index contributed by atoms with van der Waals surface area (Å²) in [6, 6.07) is 5.84. The van der Waals surface area contributed by atoms with Gasteiger partial charge in [0.1, 0.15) is 0 Å². The Morgan fingerprint density at radius 2 is 2.09 bits per heavy atom. The zero-order valence-electron chi connectivity index (χ0n) is 13.1. The minimum atomic E-state index is -2.78. The highest BCUT2D eigenvalue weighted by molar-refractivity contribution is 5.64. The molecule has 1 aromatic heterocycles. The van der Waals surface area contributed by atoms with Crippen molar-refractivity contribution in [3.63, 3.8) is 0 Å². The quantitative estimate of drug-likeness (QED) is 0.869. The highest BCUT2D eigenvalue weighted by Crippen LogP contribution is 2.21. The van der Waals surface area contributed by atoms with E-state index in [1.54, 1.807) is 0 Å². The molecule has 118 valence electrons. The maximum atomic E-state index is 13.0. The van der Waals surface area contributed by atoms with Gasteiger partial charge in [0.05, 0.1) is 6.54 Å². The molecule has 22 heavy (non-hydrogen) atoms. The molecule has 1 aromatic carbocycles. The summed E-state index contributed by atoms with van der Waals surface area (Å²) in [7, 11) is 1.37. The molecule has 0 saturated heterocycles. The summed E-state index contributed by atoms with van der Waals surface area (Å²) in [6.07, 6.45) is -0.801. The van der Waals surface area contributed by atoms with E-state index in [0.29, 0.717) is 0 Å². The molecule has 0 aliphatic carbocycles. The zero-order chi connectivity index (χ0) is 16.4. The largest absolute Gasteiger partial charge is 0.346 e. The maximum absolute atomic E-state index is 13.0. The Labute approximate surface area is 127 Å². The molecule has 0 aliphatic heterocycles. The number of alkyl halides is 2. The Balaban J connectivity index is 2.50. The lowest BCUT2D eigenvalue weighted by Gasteiger charge is -2.11. The van der Waals surface area contributed by atoms with Gasteiger partial charge in [0, 0.05) is 7.05 Å². The van der Waals surface area contributed by atoms with Crippen LogP contribution in [0.3, 0.4) is 0 Å². The molecule has 0 saturated carbocycles. The Morgan fingerprint density at radius 3 is 2.68 bits per heavy atom. The van der Waals surface area contributed by atoms with Crippen LogP contribution in [0.2, 0.25) is 0 Å². The predicted molar refractivity (Wildman–Crippen MR) is 82.0 cm³/mol. The third-order valence-electron chi connectivity index (χ3n) is 3.80. The molecule has 0 fully saturated rings. The van der Waals surface area contributed by atoms with Gasteiger partial charge in [-0.15, -0.1) is 5.10 Å². The van der Waals surface area contributed by atoms with Crippen molar-refractivity contribution in [1.82, 2.24) is 14.3 Å². The molecule has 0 bridgehead atoms. The van der Waals surface area contributed by atoms with Gasteiger partial charge in [0.15, 0.2) is 0 Å². The van der Waals surface area contributed by atoms with E-state index in [0.717, 1.165) is 31.5 Å². The first-order valence-electron chi connectivity index (χ1n) is 6.99. The standard InChI is InChI=1S/C16H19F2N3O/c1-5-10(2)12-7-6-11(3)13(8-12)9-21-15(14(17)18)19-20(4)16(21)22/h5-8,14H,9H2,1-4H3/b10-5-. The van der Waals surface area contributed by atoms with Gasteiger partial charge >= 0.3 is 5.69 Å². The second kappa shape index (κ2) is 6.25. The van der Waals surface area contributed by atoms with Crippen LogP contribution in [-0.2, 0) is 13.6 Å². The predicted octanol–water partition coefficient (Wildman–Crippen LogP) is 3.30. The topological polar surface area (TPSA) is 39.8 Å². The molecule has 0 spiro atoms. The Hall–Kier alpha value is -2.24. The summed E-state index contributed by atoms with van der Waals surface area (Å²) in [5.74, 6) is -0.500. The lowest BCUT2D eigenvalue weighted by Crippen LogP contribution is -2.24. The molecule has 0 amide bonds. The lowest BCUT2D eigenvalue weighted by molar-refractivity contribution is 0.134. The van der Waals surface area contributed by atoms with Gasteiger partial charge < -0.3 is 0 Å². The van der Waals surface area contributed by atoms with Crippen LogP contribution in [0.25, 0.3) is 5.57 Å². The van der Waals surface area contributed by atoms with Crippen molar-refractivity contribution in [2.45, 2.75) is 33.7 Å². The van der Waals surface area contributed by atoms with Crippen LogP contribution >= 0.6 is 0 Å². The number of aromatic nitrogens is 3. The van der Waals surface area contributed by atoms with Crippen LogP contribution in [-0.4, -0.2) is 14.3 Å². The van der Waals surface area contributed by atoms with Gasteiger partial charge in [-0.1, -0.05) is 18.2 Å². The molecule has 2 aromatic rings. The summed E-state index contributed by atoms with van der Waals surface area (Å²) in [5.41, 5.74) is 3.34. The number of hydrogen-bond acceptors (Lipinski definition) is 2. The van der Waals surface area contributed by atoms with Gasteiger partial charge in [-0.3, -0.25) is 4.57 Å². The first-order chi connectivity index (χ1) is 10.3. The van der Waals surface area contributed by atoms with E-state index < -0.39 is 17.9 Å². The Kier molecular flexibility index (Phi) is 4.59. The minimum Gasteiger partial charge on any atom is -0.270 e. The number of hydrogen-bond donors (Lipinski definition) is 0. The van der Waals surface area contributed by atoms with E-state index in [1.165, 1.54) is 7.05 Å². The fourth-order valence-electron chi connectivity index (χ4n) is 2.26. The Bertz CT molecular complexity index is 772. The van der Waals surface area contributed by atoms with Crippen LogP contribution < -0.4 is 5.69 Å². The van der Waals surface area contributed by atoms with Crippen molar-refractivity contribution in [2.75, 3.05) is 0 Å². The lowest BCUT2D eigenvalue weighted by atomic mass is 10.0. The number of halogens is 2. The summed E-state index contributed by atoms with van der Waals surface area (Å²) in [6.45, 7) is 5.90. The monoisotopic (exact) mass is 307 g/mol. The zero-order valence-corrected chi connectivity index (χ0v) is 13.1. The average Bonchev–Trinajstić information content (AvgIpc) is 2.77. The van der Waals surface area contributed by atoms with E-state index in [4.69, 9.17) is 0 Å². The summed E-state index contributed by atoms with van der Waals surface area (Å²) in [5, 5.41) is 3.61. The summed E-state index contributed by atoms with van der Waals surface area (Å²) in [4.78, 5) is 12.0. The molecule has 6 heteroatoms. The number of aryl methyl sites for hydroxylation is 2. The average molecular weight is 307 g/mol. The first kappa shape index (κ1) is 16.1. The second-order valence-electron chi connectivity index (χ2n) is 5.26. The van der Waals surface area contributed by atoms with Crippen molar-refractivity contribution in [2.24, 2.45) is 7.05 Å². The molecule has 0 radical (unpaired) electrons. The summed E-state index contributed by atoms with van der Waals surface area (Å²) >= 11 is 0. The molecular formula is C16H19F2N3O. The van der Waals surface area contributed by atoms with Crippen molar-refractivity contribution >= 4 is 5.57 Å². The SMILES string of the molecule is C/C=C(/C)c1ccc(C)c(Cn2c(C(F)F)nn(C)c2=O)c1. The molecule has 1 heterocycles. The molecule has 0 aliphatic rings. The number of benzene rings is 1. The van der Waals surface area contributed by atoms with E-state index in [2.05, 4.69) is 5.10 Å². The van der Waals surface area contributed by atoms with E-state index in [1.807, 2.05) is 45.0 Å². The first-order valence-corrected chi connectivity index (χ1v) is 6.99. The van der Waals surface area contributed by atoms with Gasteiger partial charge in [-0.25, -0.2) is 18.3 Å². The molecule has 0 unspecified atom stereocenters. The molecule has 4 nitrogen and oxygen atoms in total. The van der Waals surface area contributed by atoms with Gasteiger partial charge in [-0.2, -0.15) is 0 Å². The fourth-order valence-corrected chi connectivity index (χ4v) is 2.26. The Morgan fingerprint density at radius 1 is 1.41 bits per heavy atom. The van der Waals surface area contributed by atoms with Gasteiger partial charge in [0.25, 0.3) is 6.43 Å². The van der Waals surface area contributed by atoms with E-state index >= 15 is 0 Å². The normalized spacial score (nSPS) is 12.2. The van der Waals surface area contributed by atoms with Crippen molar-refractivity contribution in [1.29, 1.82) is 0 Å². The molecule has 0 atom stereocenters. The second-order valence-corrected chi connectivity index (χ2v) is 5.26. The van der Waals surface area contributed by atoms with E-state index in [9.17, 15) is 13.6 Å². The van der Waals surface area contributed by atoms with Crippen LogP contribution in [0.1, 0.15) is 42.8 Å². The van der Waals surface area contributed by atoms with Crippen LogP contribution in [0.4, 0.5) is 8.78 Å². The highest BCUT2D eigenvalue weighted by atomic mass is 19.3. The summed E-state index contributed by atoms with van der Waals surface area (Å²) < 4.78 is 28.1. The fraction of sp³-hybridized carbons (Fsp3) is 0.375. The molecular weight excluding hydrogens is 288 g/mol. The van der Waals surface area contributed by atoms with Crippen molar-refractivity contribution < 1.29 is 8.78 Å². The molecule has 2 rings (SSSR count). The minimum absolute atomic E-state index is 0.0863. The highest BCUT2D eigenvalue weighted by Gasteiger charge is 2.20.